The molecule has 0 atom stereocenters. The lowest BCUT2D eigenvalue weighted by molar-refractivity contribution is -0.114. The van der Waals surface area contributed by atoms with E-state index in [4.69, 9.17) is 5.73 Å². The Hall–Kier alpha value is -2.10. The van der Waals surface area contributed by atoms with Gasteiger partial charge in [-0.05, 0) is 17.7 Å². The number of nitrogens with zero attached hydrogens (tertiary/aromatic N) is 1. The predicted octanol–water partition coefficient (Wildman–Crippen LogP) is 0.437. The molecule has 15 heavy (non-hydrogen) atoms. The third-order valence-corrected chi connectivity index (χ3v) is 2.22. The number of carbonyl (C=O) groups excluding carboxylic acids is 1. The summed E-state index contributed by atoms with van der Waals surface area (Å²) < 4.78 is 0. The van der Waals surface area contributed by atoms with Crippen molar-refractivity contribution in [1.29, 1.82) is 0 Å². The molecule has 1 aliphatic heterocycles. The summed E-state index contributed by atoms with van der Waals surface area (Å²) in [5.41, 5.74) is 7.61. The summed E-state index contributed by atoms with van der Waals surface area (Å²) in [6, 6.07) is 3.69. The van der Waals surface area contributed by atoms with Crippen molar-refractivity contribution >= 4 is 11.5 Å². The Balaban J connectivity index is 2.40. The van der Waals surface area contributed by atoms with Gasteiger partial charge in [0.05, 0.1) is 0 Å². The Morgan fingerprint density at radius 1 is 1.40 bits per heavy atom. The molecule has 1 amide bonds. The zero-order valence-electron chi connectivity index (χ0n) is 8.10. The average Bonchev–Trinajstić information content (AvgIpc) is 2.30. The number of hydrogen-bond donors (Lipinski definition) is 2. The van der Waals surface area contributed by atoms with Crippen molar-refractivity contribution in [3.63, 3.8) is 0 Å². The molecule has 2 rings (SSSR count). The smallest absolute Gasteiger partial charge is 0.249 e. The molecule has 4 heteroatoms. The van der Waals surface area contributed by atoms with E-state index in [1.54, 1.807) is 24.7 Å². The fourth-order valence-corrected chi connectivity index (χ4v) is 1.51. The van der Waals surface area contributed by atoms with Gasteiger partial charge in [-0.1, -0.05) is 6.08 Å². The van der Waals surface area contributed by atoms with Gasteiger partial charge in [0.2, 0.25) is 5.91 Å². The van der Waals surface area contributed by atoms with E-state index in [0.717, 1.165) is 11.1 Å². The molecule has 0 saturated heterocycles. The van der Waals surface area contributed by atoms with Gasteiger partial charge in [0.25, 0.3) is 0 Å². The first-order valence-electron chi connectivity index (χ1n) is 4.63. The van der Waals surface area contributed by atoms with E-state index in [1.807, 2.05) is 12.1 Å². The lowest BCUT2D eigenvalue weighted by Gasteiger charge is -2.14. The molecule has 0 radical (unpaired) electrons. The first-order chi connectivity index (χ1) is 7.29. The minimum absolute atomic E-state index is 0.403. The second kappa shape index (κ2) is 3.96. The number of nitrogens with one attached hydrogen (secondary N) is 1. The Kier molecular flexibility index (Phi) is 2.49. The second-order valence-electron chi connectivity index (χ2n) is 3.18. The first-order valence-corrected chi connectivity index (χ1v) is 4.63. The Morgan fingerprint density at radius 2 is 2.13 bits per heavy atom. The van der Waals surface area contributed by atoms with Crippen LogP contribution in [0, 0.1) is 0 Å². The van der Waals surface area contributed by atoms with Crippen LogP contribution in [0.4, 0.5) is 0 Å². The summed E-state index contributed by atoms with van der Waals surface area (Å²) in [6.07, 6.45) is 6.96. The maximum atomic E-state index is 11.2. The van der Waals surface area contributed by atoms with E-state index < -0.39 is 5.91 Å². The van der Waals surface area contributed by atoms with Crippen LogP contribution in [-0.4, -0.2) is 17.4 Å². The van der Waals surface area contributed by atoms with Gasteiger partial charge >= 0.3 is 0 Å². The second-order valence-corrected chi connectivity index (χ2v) is 3.18. The van der Waals surface area contributed by atoms with E-state index in [2.05, 4.69) is 10.3 Å². The summed E-state index contributed by atoms with van der Waals surface area (Å²) in [5.74, 6) is -0.403. The summed E-state index contributed by atoms with van der Waals surface area (Å²) in [4.78, 5) is 15.1. The third-order valence-electron chi connectivity index (χ3n) is 2.22. The summed E-state index contributed by atoms with van der Waals surface area (Å²) in [7, 11) is 0. The fourth-order valence-electron chi connectivity index (χ4n) is 1.51. The predicted molar refractivity (Wildman–Crippen MR) is 57.5 cm³/mol. The molecular formula is C11H11N3O. The topological polar surface area (TPSA) is 68.0 Å². The van der Waals surface area contributed by atoms with E-state index in [0.29, 0.717) is 12.1 Å². The molecule has 0 aliphatic carbocycles. The third kappa shape index (κ3) is 1.88. The molecule has 0 spiro atoms. The van der Waals surface area contributed by atoms with Gasteiger partial charge in [0.1, 0.15) is 0 Å². The van der Waals surface area contributed by atoms with Crippen molar-refractivity contribution in [2.24, 2.45) is 5.73 Å². The fraction of sp³-hybridized carbons (Fsp3) is 0.0909. The zero-order valence-corrected chi connectivity index (χ0v) is 8.10. The number of rotatable bonds is 2. The quantitative estimate of drug-likeness (QED) is 0.729. The molecule has 3 N–H and O–H groups in total. The zero-order chi connectivity index (χ0) is 10.7. The number of hydrogen-bond acceptors (Lipinski definition) is 3. The van der Waals surface area contributed by atoms with Crippen molar-refractivity contribution in [1.82, 2.24) is 10.3 Å². The molecule has 4 nitrogen and oxygen atoms in total. The van der Waals surface area contributed by atoms with Crippen molar-refractivity contribution in [3.8, 4) is 0 Å². The lowest BCUT2D eigenvalue weighted by Crippen LogP contribution is -2.21. The van der Waals surface area contributed by atoms with Crippen LogP contribution in [0.5, 0.6) is 0 Å². The molecule has 0 aromatic carbocycles. The van der Waals surface area contributed by atoms with Gasteiger partial charge in [-0.25, -0.2) is 0 Å². The molecule has 0 saturated carbocycles. The number of dihydropyridines is 1. The van der Waals surface area contributed by atoms with Gasteiger partial charge in [-0.3, -0.25) is 9.78 Å². The number of nitrogens with two attached hydrogens (primary N) is 1. The van der Waals surface area contributed by atoms with Crippen molar-refractivity contribution < 1.29 is 4.79 Å². The van der Waals surface area contributed by atoms with Gasteiger partial charge in [0, 0.05) is 36.3 Å². The van der Waals surface area contributed by atoms with Crippen LogP contribution < -0.4 is 11.1 Å². The molecule has 1 aromatic rings. The lowest BCUT2D eigenvalue weighted by atomic mass is 9.97. The van der Waals surface area contributed by atoms with Gasteiger partial charge < -0.3 is 11.1 Å². The molecule has 0 fully saturated rings. The number of carbonyl (C=O) groups is 1. The highest BCUT2D eigenvalue weighted by Crippen LogP contribution is 2.23. The molecule has 0 unspecified atom stereocenters. The van der Waals surface area contributed by atoms with Crippen LogP contribution in [-0.2, 0) is 4.79 Å². The van der Waals surface area contributed by atoms with E-state index in [1.165, 1.54) is 0 Å². The minimum atomic E-state index is -0.403. The Labute approximate surface area is 87.5 Å². The van der Waals surface area contributed by atoms with Crippen LogP contribution in [0.15, 0.2) is 42.4 Å². The van der Waals surface area contributed by atoms with Crippen LogP contribution in [0.25, 0.3) is 5.57 Å². The maximum Gasteiger partial charge on any atom is 0.249 e. The highest BCUT2D eigenvalue weighted by atomic mass is 16.1. The van der Waals surface area contributed by atoms with Crippen LogP contribution in [0.2, 0.25) is 0 Å². The number of pyridine rings is 1. The van der Waals surface area contributed by atoms with Gasteiger partial charge in [0.15, 0.2) is 0 Å². The van der Waals surface area contributed by atoms with Gasteiger partial charge in [-0.15, -0.1) is 0 Å². The standard InChI is InChI=1S/C11H11N3O/c12-11(15)9-3-6-14-7-10(9)8-1-4-13-5-2-8/h1-5,7,14H,6H2,(H2,12,15). The van der Waals surface area contributed by atoms with Gasteiger partial charge in [-0.2, -0.15) is 0 Å². The summed E-state index contributed by atoms with van der Waals surface area (Å²) in [5, 5.41) is 3.05. The molecular weight excluding hydrogens is 190 g/mol. The van der Waals surface area contributed by atoms with Crippen molar-refractivity contribution in [3.05, 3.63) is 47.9 Å². The Morgan fingerprint density at radius 3 is 2.80 bits per heavy atom. The largest absolute Gasteiger partial charge is 0.387 e. The normalized spacial score (nSPS) is 14.9. The van der Waals surface area contributed by atoms with Crippen molar-refractivity contribution in [2.45, 2.75) is 0 Å². The number of primary amides is 1. The molecule has 76 valence electrons. The molecule has 1 aromatic heterocycles. The number of amides is 1. The SMILES string of the molecule is NC(=O)C1=CCNC=C1c1ccncc1. The highest BCUT2D eigenvalue weighted by molar-refractivity contribution is 6.08. The molecule has 1 aliphatic rings. The average molecular weight is 201 g/mol. The van der Waals surface area contributed by atoms with Crippen molar-refractivity contribution in [2.75, 3.05) is 6.54 Å². The van der Waals surface area contributed by atoms with E-state index in [9.17, 15) is 4.79 Å². The Bertz CT molecular complexity index is 434. The molecule has 0 bridgehead atoms. The van der Waals surface area contributed by atoms with E-state index in [-0.39, 0.29) is 0 Å². The summed E-state index contributed by atoms with van der Waals surface area (Å²) in [6.45, 7) is 0.632. The highest BCUT2D eigenvalue weighted by Gasteiger charge is 2.15. The minimum Gasteiger partial charge on any atom is -0.387 e. The number of aromatic nitrogens is 1. The summed E-state index contributed by atoms with van der Waals surface area (Å²) >= 11 is 0. The van der Waals surface area contributed by atoms with Crippen LogP contribution in [0.1, 0.15) is 5.56 Å². The monoisotopic (exact) mass is 201 g/mol. The van der Waals surface area contributed by atoms with Crippen LogP contribution in [0.3, 0.4) is 0 Å². The van der Waals surface area contributed by atoms with E-state index >= 15 is 0 Å². The maximum absolute atomic E-state index is 11.2. The molecule has 2 heterocycles. The van der Waals surface area contributed by atoms with Crippen LogP contribution >= 0.6 is 0 Å². The first kappa shape index (κ1) is 9.45.